The van der Waals surface area contributed by atoms with Crippen molar-refractivity contribution in [3.05, 3.63) is 23.3 Å². The molecule has 0 bridgehead atoms. The van der Waals surface area contributed by atoms with E-state index in [1.807, 2.05) is 38.5 Å². The zero-order valence-electron chi connectivity index (χ0n) is 11.8. The van der Waals surface area contributed by atoms with E-state index in [-0.39, 0.29) is 18.3 Å². The molecule has 1 saturated heterocycles. The van der Waals surface area contributed by atoms with Crippen LogP contribution in [0.15, 0.2) is 23.3 Å². The summed E-state index contributed by atoms with van der Waals surface area (Å²) in [6, 6.07) is 0. The standard InChI is InChI=1S/C12H15BBrN3O2S/c1-11(2)12(3,4)19-13(18-11)8-5-15-10(20-8)17-6-9(14)16-7-17/h5-7H,1-4H3. The van der Waals surface area contributed by atoms with Crippen LogP contribution < -0.4 is 4.78 Å². The van der Waals surface area contributed by atoms with E-state index in [2.05, 4.69) is 25.9 Å². The molecule has 1 aliphatic heterocycles. The molecule has 0 aliphatic carbocycles. The molecule has 0 aromatic carbocycles. The number of rotatable bonds is 2. The Morgan fingerprint density at radius 2 is 1.85 bits per heavy atom. The van der Waals surface area contributed by atoms with Crippen molar-refractivity contribution in [2.75, 3.05) is 0 Å². The van der Waals surface area contributed by atoms with E-state index in [0.717, 1.165) is 14.5 Å². The van der Waals surface area contributed by atoms with Crippen LogP contribution in [-0.4, -0.2) is 32.9 Å². The number of nitrogens with zero attached hydrogens (tertiary/aromatic N) is 3. The van der Waals surface area contributed by atoms with Crippen molar-refractivity contribution in [3.8, 4) is 5.13 Å². The number of hydrogen-bond acceptors (Lipinski definition) is 5. The Kier molecular flexibility index (Phi) is 3.32. The minimum absolute atomic E-state index is 0.333. The molecule has 0 radical (unpaired) electrons. The lowest BCUT2D eigenvalue weighted by molar-refractivity contribution is 0.00578. The van der Waals surface area contributed by atoms with Crippen LogP contribution in [0.3, 0.4) is 0 Å². The van der Waals surface area contributed by atoms with Crippen LogP contribution in [0.4, 0.5) is 0 Å². The molecule has 2 aromatic rings. The van der Waals surface area contributed by atoms with Gasteiger partial charge in [-0.25, -0.2) is 9.97 Å². The summed E-state index contributed by atoms with van der Waals surface area (Å²) in [7, 11) is -0.363. The largest absolute Gasteiger partial charge is 0.507 e. The first-order valence-corrected chi connectivity index (χ1v) is 7.91. The van der Waals surface area contributed by atoms with Crippen molar-refractivity contribution in [1.82, 2.24) is 14.5 Å². The van der Waals surface area contributed by atoms with Gasteiger partial charge in [-0.15, -0.1) is 11.3 Å². The lowest BCUT2D eigenvalue weighted by Gasteiger charge is -2.32. The quantitative estimate of drug-likeness (QED) is 0.776. The van der Waals surface area contributed by atoms with Crippen molar-refractivity contribution in [2.24, 2.45) is 0 Å². The van der Waals surface area contributed by atoms with E-state index in [9.17, 15) is 0 Å². The molecule has 0 N–H and O–H groups in total. The highest BCUT2D eigenvalue weighted by molar-refractivity contribution is 9.10. The predicted octanol–water partition coefficient (Wildman–Crippen LogP) is 2.39. The van der Waals surface area contributed by atoms with Crippen LogP contribution in [-0.2, 0) is 9.31 Å². The minimum Gasteiger partial charge on any atom is -0.399 e. The Balaban J connectivity index is 1.85. The normalized spacial score (nSPS) is 20.6. The van der Waals surface area contributed by atoms with Gasteiger partial charge in [0.05, 0.1) is 16.0 Å². The number of aromatic nitrogens is 3. The van der Waals surface area contributed by atoms with E-state index in [1.54, 1.807) is 12.5 Å². The van der Waals surface area contributed by atoms with Crippen molar-refractivity contribution in [2.45, 2.75) is 38.9 Å². The topological polar surface area (TPSA) is 49.2 Å². The summed E-state index contributed by atoms with van der Waals surface area (Å²) in [5, 5.41) is 0.841. The van der Waals surface area contributed by atoms with Gasteiger partial charge in [-0.05, 0) is 43.6 Å². The fraction of sp³-hybridized carbons (Fsp3) is 0.500. The average Bonchev–Trinajstić information content (AvgIpc) is 2.98. The maximum atomic E-state index is 6.02. The summed E-state index contributed by atoms with van der Waals surface area (Å²) in [5.41, 5.74) is -0.667. The Bertz CT molecular complexity index is 624. The van der Waals surface area contributed by atoms with Gasteiger partial charge in [0.1, 0.15) is 10.9 Å². The van der Waals surface area contributed by atoms with E-state index in [0.29, 0.717) is 0 Å². The zero-order valence-corrected chi connectivity index (χ0v) is 14.2. The lowest BCUT2D eigenvalue weighted by Crippen LogP contribution is -2.41. The molecule has 5 nitrogen and oxygen atoms in total. The molecule has 20 heavy (non-hydrogen) atoms. The SMILES string of the molecule is CC1(C)OB(c2cnc(-n3cnc(Br)c3)s2)OC1(C)C. The van der Waals surface area contributed by atoms with Crippen molar-refractivity contribution in [1.29, 1.82) is 0 Å². The summed E-state index contributed by atoms with van der Waals surface area (Å²) in [6.45, 7) is 8.17. The predicted molar refractivity (Wildman–Crippen MR) is 82.7 cm³/mol. The Hall–Kier alpha value is -0.695. The van der Waals surface area contributed by atoms with Gasteiger partial charge in [-0.3, -0.25) is 4.57 Å². The molecule has 0 unspecified atom stereocenters. The fourth-order valence-electron chi connectivity index (χ4n) is 1.87. The van der Waals surface area contributed by atoms with Gasteiger partial charge < -0.3 is 9.31 Å². The second-order valence-electron chi connectivity index (χ2n) is 5.74. The summed E-state index contributed by atoms with van der Waals surface area (Å²) < 4.78 is 15.6. The summed E-state index contributed by atoms with van der Waals surface area (Å²) >= 11 is 4.87. The third-order valence-electron chi connectivity index (χ3n) is 3.77. The molecule has 3 rings (SSSR count). The average molecular weight is 356 g/mol. The first-order chi connectivity index (χ1) is 9.28. The molecule has 3 heterocycles. The minimum atomic E-state index is -0.363. The van der Waals surface area contributed by atoms with Crippen LogP contribution in [0.5, 0.6) is 0 Å². The first-order valence-electron chi connectivity index (χ1n) is 6.30. The van der Waals surface area contributed by atoms with E-state index < -0.39 is 0 Å². The summed E-state index contributed by atoms with van der Waals surface area (Å²) in [5.74, 6) is 0. The Labute approximate surface area is 130 Å². The van der Waals surface area contributed by atoms with Crippen LogP contribution >= 0.6 is 27.3 Å². The highest BCUT2D eigenvalue weighted by atomic mass is 79.9. The molecule has 0 atom stereocenters. The molecular formula is C12H15BBrN3O2S. The first kappa shape index (κ1) is 14.3. The molecular weight excluding hydrogens is 341 g/mol. The molecule has 2 aromatic heterocycles. The van der Waals surface area contributed by atoms with Gasteiger partial charge >= 0.3 is 7.12 Å². The van der Waals surface area contributed by atoms with Crippen LogP contribution in [0.25, 0.3) is 5.13 Å². The van der Waals surface area contributed by atoms with Gasteiger partial charge in [0.2, 0.25) is 0 Å². The second-order valence-corrected chi connectivity index (χ2v) is 7.59. The van der Waals surface area contributed by atoms with Gasteiger partial charge in [0.15, 0.2) is 5.13 Å². The zero-order chi connectivity index (χ0) is 14.5. The summed E-state index contributed by atoms with van der Waals surface area (Å²) in [6.07, 6.45) is 5.39. The smallest absolute Gasteiger partial charge is 0.399 e. The maximum Gasteiger partial charge on any atom is 0.507 e. The van der Waals surface area contributed by atoms with Crippen molar-refractivity contribution in [3.63, 3.8) is 0 Å². The molecule has 0 amide bonds. The van der Waals surface area contributed by atoms with E-state index >= 15 is 0 Å². The molecule has 0 spiro atoms. The Morgan fingerprint density at radius 3 is 2.40 bits per heavy atom. The fourth-order valence-corrected chi connectivity index (χ4v) is 3.00. The Morgan fingerprint density at radius 1 is 1.20 bits per heavy atom. The third-order valence-corrected chi connectivity index (χ3v) is 5.21. The van der Waals surface area contributed by atoms with Crippen molar-refractivity contribution >= 4 is 39.2 Å². The van der Waals surface area contributed by atoms with Gasteiger partial charge in [0.25, 0.3) is 0 Å². The molecule has 1 fully saturated rings. The van der Waals surface area contributed by atoms with Gasteiger partial charge in [-0.1, -0.05) is 0 Å². The highest BCUT2D eigenvalue weighted by Gasteiger charge is 2.52. The molecule has 0 saturated carbocycles. The van der Waals surface area contributed by atoms with Crippen LogP contribution in [0.1, 0.15) is 27.7 Å². The van der Waals surface area contributed by atoms with E-state index in [4.69, 9.17) is 9.31 Å². The highest BCUT2D eigenvalue weighted by Crippen LogP contribution is 2.36. The molecule has 1 aliphatic rings. The number of halogens is 1. The maximum absolute atomic E-state index is 6.02. The second kappa shape index (κ2) is 4.66. The number of imidazole rings is 1. The monoisotopic (exact) mass is 355 g/mol. The van der Waals surface area contributed by atoms with Gasteiger partial charge in [-0.2, -0.15) is 0 Å². The van der Waals surface area contributed by atoms with Gasteiger partial charge in [0, 0.05) is 12.4 Å². The van der Waals surface area contributed by atoms with Crippen LogP contribution in [0.2, 0.25) is 0 Å². The number of hydrogen-bond donors (Lipinski definition) is 0. The third kappa shape index (κ3) is 2.34. The number of thiazole rings is 1. The van der Waals surface area contributed by atoms with E-state index in [1.165, 1.54) is 11.3 Å². The molecule has 8 heteroatoms. The lowest BCUT2D eigenvalue weighted by atomic mass is 9.89. The van der Waals surface area contributed by atoms with Crippen LogP contribution in [0, 0.1) is 0 Å². The summed E-state index contributed by atoms with van der Waals surface area (Å²) in [4.78, 5) is 8.53. The molecule has 106 valence electrons. The van der Waals surface area contributed by atoms with Crippen molar-refractivity contribution < 1.29 is 9.31 Å².